The number of nitriles is 1. The largest absolute Gasteiger partial charge is 0.355 e. The molecule has 0 unspecified atom stereocenters. The lowest BCUT2D eigenvalue weighted by Gasteiger charge is -2.39. The minimum atomic E-state index is 0.361. The van der Waals surface area contributed by atoms with Crippen LogP contribution in [0.15, 0.2) is 42.7 Å². The van der Waals surface area contributed by atoms with Crippen molar-refractivity contribution in [2.45, 2.75) is 5.92 Å². The van der Waals surface area contributed by atoms with E-state index < -0.39 is 0 Å². The van der Waals surface area contributed by atoms with Crippen molar-refractivity contribution in [3.63, 3.8) is 0 Å². The zero-order chi connectivity index (χ0) is 14.2. The van der Waals surface area contributed by atoms with Crippen molar-refractivity contribution < 1.29 is 0 Å². The second-order valence-corrected chi connectivity index (χ2v) is 5.11. The minimum absolute atomic E-state index is 0.361. The van der Waals surface area contributed by atoms with E-state index in [2.05, 4.69) is 26.2 Å². The van der Waals surface area contributed by atoms with E-state index in [1.54, 1.807) is 12.3 Å². The quantitative estimate of drug-likeness (QED) is 0.711. The van der Waals surface area contributed by atoms with Crippen molar-refractivity contribution in [2.75, 3.05) is 18.0 Å². The van der Waals surface area contributed by atoms with Crippen LogP contribution in [-0.4, -0.2) is 32.7 Å². The van der Waals surface area contributed by atoms with Gasteiger partial charge in [-0.2, -0.15) is 5.26 Å². The van der Waals surface area contributed by atoms with E-state index in [9.17, 15) is 0 Å². The lowest BCUT2D eigenvalue weighted by molar-refractivity contribution is 0.493. The molecule has 0 radical (unpaired) electrons. The summed E-state index contributed by atoms with van der Waals surface area (Å²) >= 11 is 0. The van der Waals surface area contributed by atoms with E-state index >= 15 is 0 Å². The molecule has 1 aliphatic heterocycles. The predicted molar refractivity (Wildman–Crippen MR) is 76.9 cm³/mol. The molecule has 1 aliphatic rings. The first kappa shape index (κ1) is 11.9. The van der Waals surface area contributed by atoms with Gasteiger partial charge in [0.1, 0.15) is 17.7 Å². The molecule has 3 aromatic heterocycles. The second-order valence-electron chi connectivity index (χ2n) is 5.11. The Morgan fingerprint density at radius 1 is 1.14 bits per heavy atom. The molecule has 3 aromatic rings. The normalized spacial score (nSPS) is 14.9. The van der Waals surface area contributed by atoms with Crippen LogP contribution in [0.4, 0.5) is 5.82 Å². The molecule has 6 heteroatoms. The Hall–Kier alpha value is -2.94. The summed E-state index contributed by atoms with van der Waals surface area (Å²) in [5.41, 5.74) is 1.46. The maximum absolute atomic E-state index is 8.78. The molecule has 1 fully saturated rings. The summed E-state index contributed by atoms with van der Waals surface area (Å²) in [6, 6.07) is 11.7. The SMILES string of the molecule is N#Cc1ccc(N2CC(c3nnc4ccccn34)C2)nc1. The molecule has 102 valence electrons. The van der Waals surface area contributed by atoms with Crippen LogP contribution in [0, 0.1) is 11.3 Å². The smallest absolute Gasteiger partial charge is 0.160 e. The number of pyridine rings is 2. The van der Waals surface area contributed by atoms with Crippen molar-refractivity contribution in [1.82, 2.24) is 19.6 Å². The molecule has 1 saturated heterocycles. The number of nitrogens with zero attached hydrogens (tertiary/aromatic N) is 6. The summed E-state index contributed by atoms with van der Waals surface area (Å²) in [4.78, 5) is 6.49. The third-order valence-electron chi connectivity index (χ3n) is 3.79. The number of aromatic nitrogens is 4. The van der Waals surface area contributed by atoms with E-state index in [1.807, 2.05) is 34.9 Å². The highest BCUT2D eigenvalue weighted by molar-refractivity contribution is 5.47. The number of anilines is 1. The van der Waals surface area contributed by atoms with Crippen molar-refractivity contribution >= 4 is 11.5 Å². The van der Waals surface area contributed by atoms with E-state index in [4.69, 9.17) is 5.26 Å². The summed E-state index contributed by atoms with van der Waals surface area (Å²) in [6.45, 7) is 1.74. The highest BCUT2D eigenvalue weighted by Gasteiger charge is 2.32. The molecule has 6 nitrogen and oxygen atoms in total. The molecule has 0 N–H and O–H groups in total. The molecule has 0 amide bonds. The summed E-state index contributed by atoms with van der Waals surface area (Å²) in [5, 5.41) is 17.3. The van der Waals surface area contributed by atoms with Crippen LogP contribution in [0.2, 0.25) is 0 Å². The van der Waals surface area contributed by atoms with Gasteiger partial charge in [-0.3, -0.25) is 4.40 Å². The highest BCUT2D eigenvalue weighted by Crippen LogP contribution is 2.29. The first-order chi connectivity index (χ1) is 10.3. The topological polar surface area (TPSA) is 70.1 Å². The Kier molecular flexibility index (Phi) is 2.57. The van der Waals surface area contributed by atoms with Crippen LogP contribution in [0.5, 0.6) is 0 Å². The Morgan fingerprint density at radius 3 is 2.81 bits per heavy atom. The summed E-state index contributed by atoms with van der Waals surface area (Å²) < 4.78 is 2.04. The van der Waals surface area contributed by atoms with Crippen LogP contribution < -0.4 is 4.90 Å². The Morgan fingerprint density at radius 2 is 2.05 bits per heavy atom. The average molecular weight is 276 g/mol. The highest BCUT2D eigenvalue weighted by atomic mass is 15.3. The maximum Gasteiger partial charge on any atom is 0.160 e. The van der Waals surface area contributed by atoms with Crippen LogP contribution in [0.25, 0.3) is 5.65 Å². The van der Waals surface area contributed by atoms with Gasteiger partial charge in [0.25, 0.3) is 0 Å². The van der Waals surface area contributed by atoms with Crippen molar-refractivity contribution in [3.8, 4) is 6.07 Å². The summed E-state index contributed by atoms with van der Waals surface area (Å²) in [7, 11) is 0. The van der Waals surface area contributed by atoms with Crippen molar-refractivity contribution in [1.29, 1.82) is 5.26 Å². The Bertz CT molecular complexity index is 823. The van der Waals surface area contributed by atoms with E-state index in [1.165, 1.54) is 0 Å². The van der Waals surface area contributed by atoms with E-state index in [0.29, 0.717) is 11.5 Å². The molecule has 4 heterocycles. The fourth-order valence-electron chi connectivity index (χ4n) is 2.61. The molecule has 21 heavy (non-hydrogen) atoms. The van der Waals surface area contributed by atoms with Crippen LogP contribution >= 0.6 is 0 Å². The van der Waals surface area contributed by atoms with Gasteiger partial charge in [-0.15, -0.1) is 10.2 Å². The third-order valence-corrected chi connectivity index (χ3v) is 3.79. The van der Waals surface area contributed by atoms with Crippen molar-refractivity contribution in [3.05, 3.63) is 54.1 Å². The summed E-state index contributed by atoms with van der Waals surface area (Å²) in [5.74, 6) is 2.26. The number of rotatable bonds is 2. The van der Waals surface area contributed by atoms with Crippen LogP contribution in [-0.2, 0) is 0 Å². The van der Waals surface area contributed by atoms with Gasteiger partial charge in [0.15, 0.2) is 5.65 Å². The first-order valence-electron chi connectivity index (χ1n) is 6.76. The number of fused-ring (bicyclic) bond motifs is 1. The predicted octanol–water partition coefficient (Wildman–Crippen LogP) is 1.60. The maximum atomic E-state index is 8.78. The van der Waals surface area contributed by atoms with Gasteiger partial charge in [-0.25, -0.2) is 4.98 Å². The fraction of sp³-hybridized carbons (Fsp3) is 0.200. The molecule has 0 aromatic carbocycles. The summed E-state index contributed by atoms with van der Waals surface area (Å²) in [6.07, 6.45) is 3.60. The molecular formula is C15H12N6. The van der Waals surface area contributed by atoms with Gasteiger partial charge >= 0.3 is 0 Å². The molecule has 0 spiro atoms. The fourth-order valence-corrected chi connectivity index (χ4v) is 2.61. The molecule has 0 atom stereocenters. The number of hydrogen-bond acceptors (Lipinski definition) is 5. The van der Waals surface area contributed by atoms with Crippen molar-refractivity contribution in [2.24, 2.45) is 0 Å². The van der Waals surface area contributed by atoms with Gasteiger partial charge in [-0.05, 0) is 24.3 Å². The van der Waals surface area contributed by atoms with E-state index in [0.717, 1.165) is 30.4 Å². The van der Waals surface area contributed by atoms with Gasteiger partial charge in [0.05, 0.1) is 11.5 Å². The lowest BCUT2D eigenvalue weighted by atomic mass is 9.99. The zero-order valence-corrected chi connectivity index (χ0v) is 11.2. The van der Waals surface area contributed by atoms with Gasteiger partial charge < -0.3 is 4.90 Å². The monoisotopic (exact) mass is 276 g/mol. The van der Waals surface area contributed by atoms with Gasteiger partial charge in [0, 0.05) is 25.5 Å². The first-order valence-corrected chi connectivity index (χ1v) is 6.76. The van der Waals surface area contributed by atoms with Crippen LogP contribution in [0.1, 0.15) is 17.3 Å². The molecule has 0 bridgehead atoms. The lowest BCUT2D eigenvalue weighted by Crippen LogP contribution is -2.46. The second kappa shape index (κ2) is 4.56. The average Bonchev–Trinajstić information content (AvgIpc) is 2.91. The zero-order valence-electron chi connectivity index (χ0n) is 11.2. The Labute approximate surface area is 121 Å². The standard InChI is InChI=1S/C15H12N6/c16-7-11-4-5-13(17-8-11)20-9-12(10-20)15-19-18-14-3-1-2-6-21(14)15/h1-6,8,12H,9-10H2. The van der Waals surface area contributed by atoms with Gasteiger partial charge in [0.2, 0.25) is 0 Å². The molecular weight excluding hydrogens is 264 g/mol. The minimum Gasteiger partial charge on any atom is -0.355 e. The van der Waals surface area contributed by atoms with Gasteiger partial charge in [-0.1, -0.05) is 6.07 Å². The molecule has 4 rings (SSSR count). The molecule has 0 saturated carbocycles. The Balaban J connectivity index is 1.53. The van der Waals surface area contributed by atoms with Crippen LogP contribution in [0.3, 0.4) is 0 Å². The molecule has 0 aliphatic carbocycles. The third kappa shape index (κ3) is 1.91. The number of hydrogen-bond donors (Lipinski definition) is 0. The van der Waals surface area contributed by atoms with E-state index in [-0.39, 0.29) is 0 Å².